The number of benzene rings is 1. The molecule has 0 saturated heterocycles. The Morgan fingerprint density at radius 2 is 1.94 bits per heavy atom. The summed E-state index contributed by atoms with van der Waals surface area (Å²) >= 11 is 0. The van der Waals surface area contributed by atoms with Crippen LogP contribution in [0.5, 0.6) is 5.75 Å². The maximum atomic E-state index is 10.4. The number of carbonyl (C=O) groups is 1. The largest absolute Gasteiger partial charge is 0.491 e. The summed E-state index contributed by atoms with van der Waals surface area (Å²) in [7, 11) is 0. The third-order valence-corrected chi connectivity index (χ3v) is 2.79. The van der Waals surface area contributed by atoms with Crippen LogP contribution in [0.2, 0.25) is 0 Å². The molecule has 0 aromatic heterocycles. The van der Waals surface area contributed by atoms with Crippen molar-refractivity contribution in [2.75, 3.05) is 6.61 Å². The second-order valence-electron chi connectivity index (χ2n) is 4.49. The van der Waals surface area contributed by atoms with Crippen molar-refractivity contribution in [3.63, 3.8) is 0 Å². The molecule has 0 amide bonds. The van der Waals surface area contributed by atoms with Crippen LogP contribution in [-0.4, -0.2) is 23.6 Å². The van der Waals surface area contributed by atoms with Gasteiger partial charge in [-0.3, -0.25) is 4.79 Å². The number of aliphatic hydroxyl groups is 1. The van der Waals surface area contributed by atoms with Gasteiger partial charge >= 0.3 is 0 Å². The number of hydrogen-bond donors (Lipinski definition) is 1. The minimum Gasteiger partial charge on any atom is -0.491 e. The lowest BCUT2D eigenvalue weighted by molar-refractivity contribution is -0.0266. The lowest BCUT2D eigenvalue weighted by Crippen LogP contribution is -2.37. The fourth-order valence-corrected chi connectivity index (χ4v) is 1.04. The summed E-state index contributed by atoms with van der Waals surface area (Å²) in [5, 5.41) is 9.97. The van der Waals surface area contributed by atoms with Gasteiger partial charge in [0, 0.05) is 5.56 Å². The molecule has 1 aromatic rings. The summed E-state index contributed by atoms with van der Waals surface area (Å²) in [5.74, 6) is 0.785. The summed E-state index contributed by atoms with van der Waals surface area (Å²) in [4.78, 5) is 10.4. The molecule has 0 fully saturated rings. The first-order valence-electron chi connectivity index (χ1n) is 5.36. The minimum absolute atomic E-state index is 0.127. The Bertz CT molecular complexity index is 339. The van der Waals surface area contributed by atoms with Gasteiger partial charge in [-0.2, -0.15) is 0 Å². The van der Waals surface area contributed by atoms with Crippen molar-refractivity contribution < 1.29 is 14.6 Å². The van der Waals surface area contributed by atoms with Crippen molar-refractivity contribution >= 4 is 6.29 Å². The molecule has 1 unspecified atom stereocenters. The van der Waals surface area contributed by atoms with Crippen LogP contribution in [0.3, 0.4) is 0 Å². The van der Waals surface area contributed by atoms with Gasteiger partial charge in [-0.15, -0.1) is 0 Å². The maximum absolute atomic E-state index is 10.4. The first-order chi connectivity index (χ1) is 7.45. The molecule has 3 heteroatoms. The van der Waals surface area contributed by atoms with Crippen molar-refractivity contribution in [2.45, 2.75) is 26.4 Å². The smallest absolute Gasteiger partial charge is 0.150 e. The predicted octanol–water partition coefficient (Wildman–Crippen LogP) is 2.28. The zero-order valence-electron chi connectivity index (χ0n) is 9.93. The van der Waals surface area contributed by atoms with Gasteiger partial charge in [-0.05, 0) is 37.1 Å². The molecule has 0 aliphatic rings. The molecule has 0 aliphatic carbocycles. The van der Waals surface area contributed by atoms with E-state index >= 15 is 0 Å². The predicted molar refractivity (Wildman–Crippen MR) is 62.8 cm³/mol. The molecule has 0 heterocycles. The molecule has 0 saturated carbocycles. The molecule has 3 nitrogen and oxygen atoms in total. The van der Waals surface area contributed by atoms with Crippen molar-refractivity contribution in [2.24, 2.45) is 5.92 Å². The van der Waals surface area contributed by atoms with E-state index < -0.39 is 5.60 Å². The highest BCUT2D eigenvalue weighted by molar-refractivity contribution is 5.74. The molecule has 1 atom stereocenters. The monoisotopic (exact) mass is 222 g/mol. The van der Waals surface area contributed by atoms with Crippen LogP contribution in [0.1, 0.15) is 31.1 Å². The second kappa shape index (κ2) is 5.12. The van der Waals surface area contributed by atoms with Crippen molar-refractivity contribution in [1.29, 1.82) is 0 Å². The highest BCUT2D eigenvalue weighted by atomic mass is 16.5. The van der Waals surface area contributed by atoms with Crippen LogP contribution >= 0.6 is 0 Å². The fourth-order valence-electron chi connectivity index (χ4n) is 1.04. The Kier molecular flexibility index (Phi) is 4.07. The molecular weight excluding hydrogens is 204 g/mol. The Hall–Kier alpha value is -1.35. The van der Waals surface area contributed by atoms with Gasteiger partial charge in [0.2, 0.25) is 0 Å². The average molecular weight is 222 g/mol. The average Bonchev–Trinajstić information content (AvgIpc) is 2.27. The van der Waals surface area contributed by atoms with Crippen LogP contribution in [0.15, 0.2) is 24.3 Å². The molecule has 88 valence electrons. The molecule has 0 aliphatic heterocycles. The third-order valence-electron chi connectivity index (χ3n) is 2.79. The van der Waals surface area contributed by atoms with Crippen LogP contribution in [0, 0.1) is 5.92 Å². The standard InChI is InChI=1S/C13H18O3/c1-10(2)13(3,15)9-16-12-6-4-11(8-14)5-7-12/h4-8,10,15H,9H2,1-3H3. The number of ether oxygens (including phenoxy) is 1. The van der Waals surface area contributed by atoms with Gasteiger partial charge in [-0.1, -0.05) is 13.8 Å². The Labute approximate surface area is 96.1 Å². The van der Waals surface area contributed by atoms with E-state index in [1.807, 2.05) is 13.8 Å². The summed E-state index contributed by atoms with van der Waals surface area (Å²) in [6.45, 7) is 5.88. The highest BCUT2D eigenvalue weighted by Crippen LogP contribution is 2.19. The van der Waals surface area contributed by atoms with Crippen LogP contribution in [0.4, 0.5) is 0 Å². The Morgan fingerprint density at radius 1 is 1.38 bits per heavy atom. The van der Waals surface area contributed by atoms with Gasteiger partial charge in [-0.25, -0.2) is 0 Å². The number of carbonyl (C=O) groups excluding carboxylic acids is 1. The molecule has 0 bridgehead atoms. The third kappa shape index (κ3) is 3.35. The quantitative estimate of drug-likeness (QED) is 0.777. The van der Waals surface area contributed by atoms with Gasteiger partial charge in [0.15, 0.2) is 0 Å². The zero-order chi connectivity index (χ0) is 12.2. The first-order valence-corrected chi connectivity index (χ1v) is 5.36. The maximum Gasteiger partial charge on any atom is 0.150 e. The number of hydrogen-bond acceptors (Lipinski definition) is 3. The van der Waals surface area contributed by atoms with E-state index in [1.165, 1.54) is 0 Å². The van der Waals surface area contributed by atoms with E-state index in [0.717, 1.165) is 6.29 Å². The Morgan fingerprint density at radius 3 is 2.38 bits per heavy atom. The van der Waals surface area contributed by atoms with Crippen LogP contribution in [0.25, 0.3) is 0 Å². The van der Waals surface area contributed by atoms with Gasteiger partial charge in [0.1, 0.15) is 18.6 Å². The number of aldehydes is 1. The zero-order valence-corrected chi connectivity index (χ0v) is 9.93. The lowest BCUT2D eigenvalue weighted by Gasteiger charge is -2.27. The summed E-state index contributed by atoms with van der Waals surface area (Å²) in [6.07, 6.45) is 0.786. The van der Waals surface area contributed by atoms with Gasteiger partial charge in [0.05, 0.1) is 5.60 Å². The molecule has 1 rings (SSSR count). The second-order valence-corrected chi connectivity index (χ2v) is 4.49. The molecule has 1 N–H and O–H groups in total. The molecule has 0 radical (unpaired) electrons. The number of rotatable bonds is 5. The van der Waals surface area contributed by atoms with Crippen molar-refractivity contribution in [3.8, 4) is 5.75 Å². The summed E-state index contributed by atoms with van der Waals surface area (Å²) < 4.78 is 5.47. The molecule has 1 aromatic carbocycles. The summed E-state index contributed by atoms with van der Waals surface area (Å²) in [6, 6.07) is 6.82. The van der Waals surface area contributed by atoms with Crippen LogP contribution in [-0.2, 0) is 0 Å². The molecule has 0 spiro atoms. The van der Waals surface area contributed by atoms with Gasteiger partial charge in [0.25, 0.3) is 0 Å². The van der Waals surface area contributed by atoms with E-state index in [4.69, 9.17) is 4.74 Å². The van der Waals surface area contributed by atoms with E-state index in [2.05, 4.69) is 0 Å². The van der Waals surface area contributed by atoms with E-state index in [-0.39, 0.29) is 12.5 Å². The Balaban J connectivity index is 2.58. The first kappa shape index (κ1) is 12.7. The lowest BCUT2D eigenvalue weighted by atomic mass is 9.94. The highest BCUT2D eigenvalue weighted by Gasteiger charge is 2.25. The van der Waals surface area contributed by atoms with E-state index in [1.54, 1.807) is 31.2 Å². The SMILES string of the molecule is CC(C)C(C)(O)COc1ccc(C=O)cc1. The molecular formula is C13H18O3. The topological polar surface area (TPSA) is 46.5 Å². The van der Waals surface area contributed by atoms with Gasteiger partial charge < -0.3 is 9.84 Å². The minimum atomic E-state index is -0.844. The summed E-state index contributed by atoms with van der Waals surface area (Å²) in [5.41, 5.74) is -0.230. The van der Waals surface area contributed by atoms with E-state index in [0.29, 0.717) is 11.3 Å². The van der Waals surface area contributed by atoms with Crippen LogP contribution < -0.4 is 4.74 Å². The van der Waals surface area contributed by atoms with E-state index in [9.17, 15) is 9.90 Å². The van der Waals surface area contributed by atoms with Crippen molar-refractivity contribution in [1.82, 2.24) is 0 Å². The van der Waals surface area contributed by atoms with Crippen molar-refractivity contribution in [3.05, 3.63) is 29.8 Å². The fraction of sp³-hybridized carbons (Fsp3) is 0.462. The normalized spacial score (nSPS) is 14.6. The molecule has 16 heavy (non-hydrogen) atoms.